The summed E-state index contributed by atoms with van der Waals surface area (Å²) in [5.74, 6) is 1.07. The van der Waals surface area contributed by atoms with Crippen molar-refractivity contribution in [3.05, 3.63) is 48.5 Å². The molecule has 0 spiro atoms. The third-order valence-corrected chi connectivity index (χ3v) is 5.90. The van der Waals surface area contributed by atoms with Crippen molar-refractivity contribution in [3.8, 4) is 0 Å². The molecule has 4 heterocycles. The van der Waals surface area contributed by atoms with Crippen LogP contribution in [0.15, 0.2) is 43.0 Å². The molecule has 0 unspecified atom stereocenters. The number of anilines is 1. The number of H-pyrrole nitrogens is 1. The average Bonchev–Trinajstić information content (AvgIpc) is 3.37. The van der Waals surface area contributed by atoms with Gasteiger partial charge in [-0.1, -0.05) is 18.2 Å². The number of rotatable bonds is 4. The van der Waals surface area contributed by atoms with Crippen molar-refractivity contribution in [2.45, 2.75) is 13.0 Å². The molecule has 1 aromatic carbocycles. The van der Waals surface area contributed by atoms with Crippen LogP contribution in [-0.2, 0) is 7.05 Å². The van der Waals surface area contributed by atoms with Gasteiger partial charge in [-0.15, -0.1) is 0 Å². The van der Waals surface area contributed by atoms with E-state index in [0.717, 1.165) is 59.5 Å². The van der Waals surface area contributed by atoms with E-state index in [1.54, 1.807) is 11.0 Å². The minimum Gasteiger partial charge on any atom is -0.360 e. The SMILES string of the molecule is C[C@@H](C(=O)c1c[nH]c2ccccc12)N1CCN(c2ncnc3c2cnn3C)CC1. The largest absolute Gasteiger partial charge is 0.360 e. The minimum atomic E-state index is -0.167. The summed E-state index contributed by atoms with van der Waals surface area (Å²) < 4.78 is 1.76. The monoisotopic (exact) mass is 389 g/mol. The Bertz CT molecular complexity index is 1190. The van der Waals surface area contributed by atoms with Crippen LogP contribution in [0.2, 0.25) is 0 Å². The van der Waals surface area contributed by atoms with Crippen LogP contribution in [0.4, 0.5) is 5.82 Å². The first-order valence-electron chi connectivity index (χ1n) is 9.85. The maximum absolute atomic E-state index is 13.1. The Labute approximate surface area is 168 Å². The van der Waals surface area contributed by atoms with E-state index in [2.05, 4.69) is 29.9 Å². The van der Waals surface area contributed by atoms with Gasteiger partial charge in [-0.05, 0) is 13.0 Å². The molecule has 148 valence electrons. The van der Waals surface area contributed by atoms with Crippen molar-refractivity contribution < 1.29 is 4.79 Å². The fourth-order valence-corrected chi connectivity index (χ4v) is 4.19. The Hall–Kier alpha value is -3.26. The Kier molecular flexibility index (Phi) is 4.28. The van der Waals surface area contributed by atoms with E-state index in [1.165, 1.54) is 0 Å². The van der Waals surface area contributed by atoms with Crippen LogP contribution in [0.5, 0.6) is 0 Å². The molecule has 0 amide bonds. The first kappa shape index (κ1) is 17.8. The summed E-state index contributed by atoms with van der Waals surface area (Å²) in [5.41, 5.74) is 2.60. The van der Waals surface area contributed by atoms with Gasteiger partial charge in [-0.25, -0.2) is 9.97 Å². The molecule has 1 aliphatic heterocycles. The van der Waals surface area contributed by atoms with Crippen molar-refractivity contribution in [1.29, 1.82) is 0 Å². The number of aromatic amines is 1. The molecular formula is C21H23N7O. The van der Waals surface area contributed by atoms with E-state index >= 15 is 0 Å². The molecule has 1 fully saturated rings. The van der Waals surface area contributed by atoms with Crippen LogP contribution in [0, 0.1) is 0 Å². The zero-order chi connectivity index (χ0) is 20.0. The van der Waals surface area contributed by atoms with Crippen LogP contribution in [-0.4, -0.2) is 67.6 Å². The predicted molar refractivity (Wildman–Crippen MR) is 112 cm³/mol. The fourth-order valence-electron chi connectivity index (χ4n) is 4.19. The van der Waals surface area contributed by atoms with Crippen molar-refractivity contribution in [1.82, 2.24) is 29.6 Å². The van der Waals surface area contributed by atoms with Crippen molar-refractivity contribution in [2.24, 2.45) is 7.05 Å². The second-order valence-corrected chi connectivity index (χ2v) is 7.51. The molecule has 0 saturated carbocycles. The number of piperazine rings is 1. The molecule has 1 saturated heterocycles. The number of hydrogen-bond donors (Lipinski definition) is 1. The van der Waals surface area contributed by atoms with Gasteiger partial charge in [0.25, 0.3) is 0 Å². The maximum atomic E-state index is 13.1. The lowest BCUT2D eigenvalue weighted by Crippen LogP contribution is -2.52. The highest BCUT2D eigenvalue weighted by molar-refractivity contribution is 6.10. The molecule has 8 nitrogen and oxygen atoms in total. The molecule has 4 aromatic rings. The number of nitrogens with zero attached hydrogens (tertiary/aromatic N) is 6. The highest BCUT2D eigenvalue weighted by Gasteiger charge is 2.28. The van der Waals surface area contributed by atoms with E-state index < -0.39 is 0 Å². The standard InChI is InChI=1S/C21H23N7O/c1-14(19(29)16-11-22-18-6-4-3-5-15(16)18)27-7-9-28(10-8-27)21-17-12-25-26(2)20(17)23-13-24-21/h3-6,11-14,22H,7-10H2,1-2H3/t14-/m0/s1. The first-order chi connectivity index (χ1) is 14.1. The van der Waals surface area contributed by atoms with Gasteiger partial charge in [-0.2, -0.15) is 5.10 Å². The number of nitrogens with one attached hydrogen (secondary N) is 1. The van der Waals surface area contributed by atoms with E-state index in [1.807, 2.05) is 50.6 Å². The lowest BCUT2D eigenvalue weighted by atomic mass is 10.0. The van der Waals surface area contributed by atoms with Crippen molar-refractivity contribution >= 4 is 33.5 Å². The second kappa shape index (κ2) is 6.97. The van der Waals surface area contributed by atoms with Gasteiger partial charge < -0.3 is 9.88 Å². The number of Topliss-reactive ketones (excluding diaryl/α,β-unsaturated/α-hetero) is 1. The van der Waals surface area contributed by atoms with Crippen LogP contribution in [0.25, 0.3) is 21.9 Å². The van der Waals surface area contributed by atoms with Gasteiger partial charge in [0.05, 0.1) is 17.6 Å². The molecule has 0 aliphatic carbocycles. The smallest absolute Gasteiger partial charge is 0.181 e. The molecule has 29 heavy (non-hydrogen) atoms. The Morgan fingerprint density at radius 1 is 1.10 bits per heavy atom. The fraction of sp³-hybridized carbons (Fsp3) is 0.333. The number of benzene rings is 1. The average molecular weight is 389 g/mol. The number of para-hydroxylation sites is 1. The summed E-state index contributed by atoms with van der Waals surface area (Å²) in [6.45, 7) is 5.24. The molecule has 3 aromatic heterocycles. The highest BCUT2D eigenvalue weighted by atomic mass is 16.1. The van der Waals surface area contributed by atoms with Crippen LogP contribution < -0.4 is 4.90 Å². The van der Waals surface area contributed by atoms with Crippen molar-refractivity contribution in [3.63, 3.8) is 0 Å². The van der Waals surface area contributed by atoms with Gasteiger partial charge >= 0.3 is 0 Å². The van der Waals surface area contributed by atoms with Crippen LogP contribution in [0.3, 0.4) is 0 Å². The molecule has 0 bridgehead atoms. The van der Waals surface area contributed by atoms with E-state index in [9.17, 15) is 4.79 Å². The Balaban J connectivity index is 1.31. The first-order valence-corrected chi connectivity index (χ1v) is 9.85. The quantitative estimate of drug-likeness (QED) is 0.539. The van der Waals surface area contributed by atoms with Gasteiger partial charge in [-0.3, -0.25) is 14.4 Å². The van der Waals surface area contributed by atoms with E-state index in [0.29, 0.717) is 0 Å². The Morgan fingerprint density at radius 3 is 2.72 bits per heavy atom. The number of hydrogen-bond acceptors (Lipinski definition) is 6. The third-order valence-electron chi connectivity index (χ3n) is 5.90. The minimum absolute atomic E-state index is 0.160. The highest BCUT2D eigenvalue weighted by Crippen LogP contribution is 2.25. The predicted octanol–water partition coefficient (Wildman–Crippen LogP) is 2.24. The third kappa shape index (κ3) is 2.96. The van der Waals surface area contributed by atoms with Crippen LogP contribution in [0.1, 0.15) is 17.3 Å². The molecule has 1 N–H and O–H groups in total. The van der Waals surface area contributed by atoms with Gasteiger partial charge in [0.15, 0.2) is 11.4 Å². The second-order valence-electron chi connectivity index (χ2n) is 7.51. The summed E-state index contributed by atoms with van der Waals surface area (Å²) in [6, 6.07) is 7.77. The lowest BCUT2D eigenvalue weighted by molar-refractivity contribution is 0.0831. The number of aryl methyl sites for hydroxylation is 1. The van der Waals surface area contributed by atoms with Gasteiger partial charge in [0, 0.05) is 55.9 Å². The molecule has 5 rings (SSSR count). The number of carbonyl (C=O) groups excluding carboxylic acids is 1. The summed E-state index contributed by atoms with van der Waals surface area (Å²) in [4.78, 5) is 29.7. The maximum Gasteiger partial charge on any atom is 0.181 e. The lowest BCUT2D eigenvalue weighted by Gasteiger charge is -2.38. The van der Waals surface area contributed by atoms with Crippen molar-refractivity contribution in [2.75, 3.05) is 31.1 Å². The number of carbonyl (C=O) groups is 1. The summed E-state index contributed by atoms with van der Waals surface area (Å²) >= 11 is 0. The Morgan fingerprint density at radius 2 is 1.90 bits per heavy atom. The summed E-state index contributed by atoms with van der Waals surface area (Å²) in [7, 11) is 1.88. The zero-order valence-corrected chi connectivity index (χ0v) is 16.5. The molecule has 8 heteroatoms. The molecular weight excluding hydrogens is 366 g/mol. The normalized spacial score (nSPS) is 16.6. The van der Waals surface area contributed by atoms with E-state index in [4.69, 9.17) is 0 Å². The van der Waals surface area contributed by atoms with Gasteiger partial charge in [0.1, 0.15) is 12.1 Å². The summed E-state index contributed by atoms with van der Waals surface area (Å²) in [6.07, 6.45) is 5.24. The topological polar surface area (TPSA) is 82.9 Å². The van der Waals surface area contributed by atoms with E-state index in [-0.39, 0.29) is 11.8 Å². The zero-order valence-electron chi connectivity index (χ0n) is 16.5. The molecule has 1 atom stereocenters. The number of aromatic nitrogens is 5. The molecule has 1 aliphatic rings. The number of ketones is 1. The molecule has 0 radical (unpaired) electrons. The van der Waals surface area contributed by atoms with Gasteiger partial charge in [0.2, 0.25) is 0 Å². The number of fused-ring (bicyclic) bond motifs is 2. The summed E-state index contributed by atoms with van der Waals surface area (Å²) in [5, 5.41) is 6.25. The van der Waals surface area contributed by atoms with Crippen LogP contribution >= 0.6 is 0 Å².